The molecule has 0 unspecified atom stereocenters. The quantitative estimate of drug-likeness (QED) is 0.419. The molecule has 0 spiro atoms. The van der Waals surface area contributed by atoms with Crippen LogP contribution in [0.4, 0.5) is 0 Å². The first kappa shape index (κ1) is 16.4. The van der Waals surface area contributed by atoms with Gasteiger partial charge < -0.3 is 0 Å². The van der Waals surface area contributed by atoms with E-state index in [0.717, 1.165) is 0 Å². The monoisotopic (exact) mass is 252 g/mol. The van der Waals surface area contributed by atoms with Gasteiger partial charge in [-0.25, -0.2) is 0 Å². The molecule has 0 aromatic heterocycles. The molecular weight excluding hydrogens is 223 g/mol. The number of allylic oxidation sites excluding steroid dienone is 8. The molecule has 0 aliphatic heterocycles. The van der Waals surface area contributed by atoms with E-state index in [1.165, 1.54) is 24.6 Å². The van der Waals surface area contributed by atoms with Crippen LogP contribution in [0.15, 0.2) is 48.6 Å². The average molecular weight is 252 g/mol. The summed E-state index contributed by atoms with van der Waals surface area (Å²) >= 11 is 0. The van der Waals surface area contributed by atoms with E-state index in [9.17, 15) is 0 Å². The molecule has 0 nitrogen and oxygen atoms in total. The van der Waals surface area contributed by atoms with Gasteiger partial charge in [-0.1, -0.05) is 0 Å². The summed E-state index contributed by atoms with van der Waals surface area (Å²) in [5, 5.41) is 0. The summed E-state index contributed by atoms with van der Waals surface area (Å²) in [6.07, 6.45) is 23.4. The fraction of sp³-hybridized carbons (Fsp3) is 0.500. The maximum atomic E-state index is 2.36. The Bertz CT molecular complexity index is 220. The molecule has 0 saturated carbocycles. The van der Waals surface area contributed by atoms with Gasteiger partial charge in [0, 0.05) is 0 Å². The topological polar surface area (TPSA) is 0 Å². The van der Waals surface area contributed by atoms with Crippen molar-refractivity contribution in [2.24, 2.45) is 0 Å². The molecule has 0 atom stereocenters. The van der Waals surface area contributed by atoms with Crippen molar-refractivity contribution in [2.75, 3.05) is 24.6 Å². The number of rotatable bonds is 8. The molecule has 1 heteroatoms. The van der Waals surface area contributed by atoms with Crippen LogP contribution in [-0.2, 0) is 0 Å². The van der Waals surface area contributed by atoms with Crippen LogP contribution < -0.4 is 0 Å². The number of hydrogen-bond acceptors (Lipinski definition) is 0. The first-order valence-electron chi connectivity index (χ1n) is 6.69. The first-order valence-corrected chi connectivity index (χ1v) is 9.52. The molecule has 98 valence electrons. The standard InChI is InChI=1S/C16H29P/c1-5-9-13-17(14-10-6-2,15-11-7-3)16-12-8-4/h5-12,17H,13-16H2,1-4H3. The third-order valence-electron chi connectivity index (χ3n) is 3.15. The second-order valence-electron chi connectivity index (χ2n) is 4.59. The van der Waals surface area contributed by atoms with Gasteiger partial charge in [0.2, 0.25) is 0 Å². The van der Waals surface area contributed by atoms with Gasteiger partial charge in [-0.15, -0.1) is 0 Å². The van der Waals surface area contributed by atoms with Crippen LogP contribution in [0.5, 0.6) is 0 Å². The zero-order chi connectivity index (χ0) is 13.0. The summed E-state index contributed by atoms with van der Waals surface area (Å²) < 4.78 is 0. The predicted molar refractivity (Wildman–Crippen MR) is 87.0 cm³/mol. The second kappa shape index (κ2) is 10.5. The van der Waals surface area contributed by atoms with E-state index in [-0.39, 0.29) is 0 Å². The average Bonchev–Trinajstić information content (AvgIpc) is 2.37. The minimum atomic E-state index is -1.23. The van der Waals surface area contributed by atoms with Crippen LogP contribution in [0.1, 0.15) is 27.7 Å². The summed E-state index contributed by atoms with van der Waals surface area (Å²) in [5.74, 6) is 0. The SMILES string of the molecule is CC=CC[PH](CC=CC)(CC=CC)CC=CC. The van der Waals surface area contributed by atoms with Gasteiger partial charge in [0.15, 0.2) is 0 Å². The minimum absolute atomic E-state index is 1.23. The molecule has 0 radical (unpaired) electrons. The maximum absolute atomic E-state index is 2.36. The van der Waals surface area contributed by atoms with Crippen LogP contribution in [-0.4, -0.2) is 24.6 Å². The molecule has 0 aliphatic carbocycles. The van der Waals surface area contributed by atoms with E-state index in [0.29, 0.717) is 0 Å². The van der Waals surface area contributed by atoms with Gasteiger partial charge in [-0.3, -0.25) is 0 Å². The zero-order valence-electron chi connectivity index (χ0n) is 11.9. The Hall–Kier alpha value is -0.610. The molecule has 0 heterocycles. The Morgan fingerprint density at radius 1 is 0.529 bits per heavy atom. The van der Waals surface area contributed by atoms with Crippen molar-refractivity contribution in [3.05, 3.63) is 48.6 Å². The van der Waals surface area contributed by atoms with Crippen LogP contribution >= 0.6 is 7.26 Å². The normalized spacial score (nSPS) is 14.8. The molecule has 0 aromatic carbocycles. The van der Waals surface area contributed by atoms with Gasteiger partial charge in [0.05, 0.1) is 0 Å². The van der Waals surface area contributed by atoms with E-state index in [4.69, 9.17) is 0 Å². The Morgan fingerprint density at radius 2 is 0.765 bits per heavy atom. The summed E-state index contributed by atoms with van der Waals surface area (Å²) in [7, 11) is -1.23. The molecule has 0 rings (SSSR count). The van der Waals surface area contributed by atoms with Gasteiger partial charge in [0.1, 0.15) is 0 Å². The molecule has 0 bridgehead atoms. The van der Waals surface area contributed by atoms with E-state index in [2.05, 4.69) is 76.3 Å². The van der Waals surface area contributed by atoms with Crippen molar-refractivity contribution < 1.29 is 0 Å². The molecule has 0 aromatic rings. The van der Waals surface area contributed by atoms with Crippen molar-refractivity contribution in [2.45, 2.75) is 27.7 Å². The molecule has 0 saturated heterocycles. The summed E-state index contributed by atoms with van der Waals surface area (Å²) in [6.45, 7) is 8.50. The van der Waals surface area contributed by atoms with E-state index < -0.39 is 7.26 Å². The zero-order valence-corrected chi connectivity index (χ0v) is 12.9. The Balaban J connectivity index is 4.87. The Morgan fingerprint density at radius 3 is 0.941 bits per heavy atom. The van der Waals surface area contributed by atoms with Gasteiger partial charge >= 0.3 is 108 Å². The van der Waals surface area contributed by atoms with E-state index in [1.54, 1.807) is 0 Å². The van der Waals surface area contributed by atoms with Crippen LogP contribution in [0, 0.1) is 0 Å². The molecule has 0 amide bonds. The second-order valence-corrected chi connectivity index (χ2v) is 9.23. The molecule has 17 heavy (non-hydrogen) atoms. The Kier molecular flexibility index (Phi) is 10.2. The van der Waals surface area contributed by atoms with Gasteiger partial charge in [0.25, 0.3) is 0 Å². The van der Waals surface area contributed by atoms with Crippen molar-refractivity contribution >= 4 is 7.26 Å². The third kappa shape index (κ3) is 7.34. The Labute approximate surface area is 109 Å². The summed E-state index contributed by atoms with van der Waals surface area (Å²) in [4.78, 5) is 0. The van der Waals surface area contributed by atoms with Gasteiger partial charge in [-0.05, 0) is 0 Å². The van der Waals surface area contributed by atoms with Crippen LogP contribution in [0.25, 0.3) is 0 Å². The van der Waals surface area contributed by atoms with Gasteiger partial charge in [-0.2, -0.15) is 0 Å². The summed E-state index contributed by atoms with van der Waals surface area (Å²) in [6, 6.07) is 0. The number of hydrogen-bond donors (Lipinski definition) is 0. The molecule has 0 N–H and O–H groups in total. The molecular formula is C16H29P. The van der Waals surface area contributed by atoms with Crippen LogP contribution in [0.3, 0.4) is 0 Å². The van der Waals surface area contributed by atoms with Crippen LogP contribution in [0.2, 0.25) is 0 Å². The van der Waals surface area contributed by atoms with Crippen molar-refractivity contribution in [1.29, 1.82) is 0 Å². The first-order chi connectivity index (χ1) is 8.24. The molecule has 0 fully saturated rings. The fourth-order valence-corrected chi connectivity index (χ4v) is 5.91. The third-order valence-corrected chi connectivity index (χ3v) is 7.55. The fourth-order valence-electron chi connectivity index (χ4n) is 1.97. The summed E-state index contributed by atoms with van der Waals surface area (Å²) in [5.41, 5.74) is 0. The van der Waals surface area contributed by atoms with E-state index >= 15 is 0 Å². The molecule has 0 aliphatic rings. The van der Waals surface area contributed by atoms with Crippen molar-refractivity contribution in [1.82, 2.24) is 0 Å². The van der Waals surface area contributed by atoms with Crippen molar-refractivity contribution in [3.63, 3.8) is 0 Å². The predicted octanol–water partition coefficient (Wildman–Crippen LogP) is 5.04. The van der Waals surface area contributed by atoms with Crippen molar-refractivity contribution in [3.8, 4) is 0 Å². The van der Waals surface area contributed by atoms with E-state index in [1.807, 2.05) is 0 Å².